The Balaban J connectivity index is 1.32. The van der Waals surface area contributed by atoms with Gasteiger partial charge in [0.1, 0.15) is 0 Å². The number of nitrogens with one attached hydrogen (secondary N) is 2. The summed E-state index contributed by atoms with van der Waals surface area (Å²) in [5.41, 5.74) is 0.368. The molecule has 112 valence electrons. The van der Waals surface area contributed by atoms with Gasteiger partial charge in [-0.1, -0.05) is 6.92 Å². The van der Waals surface area contributed by atoms with Crippen LogP contribution < -0.4 is 10.6 Å². The van der Waals surface area contributed by atoms with Crippen molar-refractivity contribution in [2.24, 2.45) is 17.3 Å². The third-order valence-corrected chi connectivity index (χ3v) is 6.14. The van der Waals surface area contributed by atoms with Gasteiger partial charge in [-0.3, -0.25) is 9.69 Å². The van der Waals surface area contributed by atoms with Gasteiger partial charge in [-0.25, -0.2) is 0 Å². The van der Waals surface area contributed by atoms with Gasteiger partial charge in [-0.05, 0) is 56.5 Å². The highest BCUT2D eigenvalue weighted by Crippen LogP contribution is 2.58. The number of nitrogens with zero attached hydrogens (tertiary/aromatic N) is 1. The van der Waals surface area contributed by atoms with Crippen LogP contribution in [-0.4, -0.2) is 49.1 Å². The van der Waals surface area contributed by atoms with E-state index in [1.807, 2.05) is 0 Å². The lowest BCUT2D eigenvalue weighted by atomic mass is 9.91. The molecule has 3 unspecified atom stereocenters. The summed E-state index contributed by atoms with van der Waals surface area (Å²) >= 11 is 0. The molecule has 4 rings (SSSR count). The molecular formula is C16H27N3O. The maximum atomic E-state index is 12.5. The summed E-state index contributed by atoms with van der Waals surface area (Å²) in [4.78, 5) is 15.1. The SMILES string of the molecule is CC1CN(C2CC2)CC1NC(=O)C1CC12CCNCC2. The first-order valence-electron chi connectivity index (χ1n) is 8.43. The molecule has 1 spiro atoms. The van der Waals surface area contributed by atoms with Gasteiger partial charge in [-0.15, -0.1) is 0 Å². The Morgan fingerprint density at radius 3 is 2.70 bits per heavy atom. The van der Waals surface area contributed by atoms with E-state index in [1.54, 1.807) is 0 Å². The summed E-state index contributed by atoms with van der Waals surface area (Å²) in [5, 5.41) is 6.78. The number of piperidine rings is 1. The number of hydrogen-bond donors (Lipinski definition) is 2. The molecule has 4 fully saturated rings. The average Bonchev–Trinajstić information content (AvgIpc) is 3.34. The van der Waals surface area contributed by atoms with Gasteiger partial charge in [0.25, 0.3) is 0 Å². The standard InChI is InChI=1S/C16H27N3O/c1-11-9-19(12-2-3-12)10-14(11)18-15(20)13-8-16(13)4-6-17-7-5-16/h11-14,17H,2-10H2,1H3,(H,18,20). The predicted octanol–water partition coefficient (Wildman–Crippen LogP) is 0.975. The molecule has 4 nitrogen and oxygen atoms in total. The largest absolute Gasteiger partial charge is 0.352 e. The zero-order valence-corrected chi connectivity index (χ0v) is 12.5. The Bertz CT molecular complexity index is 401. The highest BCUT2D eigenvalue weighted by Gasteiger charge is 2.58. The molecule has 2 aliphatic heterocycles. The van der Waals surface area contributed by atoms with E-state index in [1.165, 1.54) is 32.2 Å². The first-order valence-corrected chi connectivity index (χ1v) is 8.43. The van der Waals surface area contributed by atoms with Crippen LogP contribution in [0.25, 0.3) is 0 Å². The van der Waals surface area contributed by atoms with Crippen molar-refractivity contribution in [2.75, 3.05) is 26.2 Å². The van der Waals surface area contributed by atoms with E-state index in [0.717, 1.165) is 32.1 Å². The first-order chi connectivity index (χ1) is 9.68. The molecule has 2 saturated carbocycles. The molecule has 0 aromatic rings. The van der Waals surface area contributed by atoms with E-state index in [0.29, 0.717) is 29.2 Å². The molecule has 4 heteroatoms. The molecule has 2 N–H and O–H groups in total. The van der Waals surface area contributed by atoms with Gasteiger partial charge in [0, 0.05) is 31.1 Å². The van der Waals surface area contributed by atoms with E-state index in [2.05, 4.69) is 22.5 Å². The minimum atomic E-state index is 0.312. The molecular weight excluding hydrogens is 250 g/mol. The lowest BCUT2D eigenvalue weighted by Gasteiger charge is -2.24. The molecule has 2 heterocycles. The fourth-order valence-electron chi connectivity index (χ4n) is 4.41. The number of carbonyl (C=O) groups excluding carboxylic acids is 1. The average molecular weight is 277 g/mol. The van der Waals surface area contributed by atoms with Gasteiger partial charge in [0.15, 0.2) is 0 Å². The van der Waals surface area contributed by atoms with Crippen LogP contribution in [0.4, 0.5) is 0 Å². The Morgan fingerprint density at radius 2 is 2.00 bits per heavy atom. The normalized spacial score (nSPS) is 40.0. The number of carbonyl (C=O) groups is 1. The van der Waals surface area contributed by atoms with E-state index in [-0.39, 0.29) is 0 Å². The minimum Gasteiger partial charge on any atom is -0.352 e. The highest BCUT2D eigenvalue weighted by molar-refractivity contribution is 5.83. The maximum absolute atomic E-state index is 12.5. The van der Waals surface area contributed by atoms with Gasteiger partial charge in [-0.2, -0.15) is 0 Å². The van der Waals surface area contributed by atoms with Crippen LogP contribution in [0.15, 0.2) is 0 Å². The van der Waals surface area contributed by atoms with Crippen LogP contribution in [0.1, 0.15) is 39.0 Å². The summed E-state index contributed by atoms with van der Waals surface area (Å²) in [7, 11) is 0. The van der Waals surface area contributed by atoms with Gasteiger partial charge in [0.05, 0.1) is 0 Å². The van der Waals surface area contributed by atoms with Crippen LogP contribution in [0.2, 0.25) is 0 Å². The van der Waals surface area contributed by atoms with Crippen molar-refractivity contribution in [1.82, 2.24) is 15.5 Å². The van der Waals surface area contributed by atoms with E-state index < -0.39 is 0 Å². The molecule has 20 heavy (non-hydrogen) atoms. The summed E-state index contributed by atoms with van der Waals surface area (Å²) < 4.78 is 0. The number of rotatable bonds is 3. The quantitative estimate of drug-likeness (QED) is 0.808. The second-order valence-corrected chi connectivity index (χ2v) is 7.65. The van der Waals surface area contributed by atoms with Crippen LogP contribution in [0.3, 0.4) is 0 Å². The smallest absolute Gasteiger partial charge is 0.223 e. The second-order valence-electron chi connectivity index (χ2n) is 7.65. The van der Waals surface area contributed by atoms with Crippen molar-refractivity contribution in [2.45, 2.75) is 51.1 Å². The fraction of sp³-hybridized carbons (Fsp3) is 0.938. The fourth-order valence-corrected chi connectivity index (χ4v) is 4.41. The summed E-state index contributed by atoms with van der Waals surface area (Å²) in [6, 6.07) is 1.22. The van der Waals surface area contributed by atoms with Crippen molar-refractivity contribution < 1.29 is 4.79 Å². The van der Waals surface area contributed by atoms with Crippen LogP contribution in [-0.2, 0) is 4.79 Å². The zero-order valence-electron chi connectivity index (χ0n) is 12.5. The van der Waals surface area contributed by atoms with Gasteiger partial charge >= 0.3 is 0 Å². The lowest BCUT2D eigenvalue weighted by Crippen LogP contribution is -2.42. The van der Waals surface area contributed by atoms with Crippen molar-refractivity contribution in [3.8, 4) is 0 Å². The van der Waals surface area contributed by atoms with Crippen molar-refractivity contribution >= 4 is 5.91 Å². The molecule has 3 atom stereocenters. The van der Waals surface area contributed by atoms with Crippen LogP contribution in [0.5, 0.6) is 0 Å². The number of likely N-dealkylation sites (tertiary alicyclic amines) is 1. The zero-order chi connectivity index (χ0) is 13.7. The van der Waals surface area contributed by atoms with Crippen molar-refractivity contribution in [1.29, 1.82) is 0 Å². The van der Waals surface area contributed by atoms with E-state index in [4.69, 9.17) is 0 Å². The first kappa shape index (κ1) is 13.1. The van der Waals surface area contributed by atoms with Crippen LogP contribution >= 0.6 is 0 Å². The summed E-state index contributed by atoms with van der Waals surface area (Å²) in [6.45, 7) is 6.74. The molecule has 0 radical (unpaired) electrons. The molecule has 4 aliphatic rings. The third kappa shape index (κ3) is 2.27. The van der Waals surface area contributed by atoms with E-state index >= 15 is 0 Å². The molecule has 2 saturated heterocycles. The number of amides is 1. The van der Waals surface area contributed by atoms with Gasteiger partial charge in [0.2, 0.25) is 5.91 Å². The summed E-state index contributed by atoms with van der Waals surface area (Å²) in [5.74, 6) is 1.27. The third-order valence-electron chi connectivity index (χ3n) is 6.14. The molecule has 0 bridgehead atoms. The van der Waals surface area contributed by atoms with E-state index in [9.17, 15) is 4.79 Å². The monoisotopic (exact) mass is 277 g/mol. The maximum Gasteiger partial charge on any atom is 0.223 e. The highest BCUT2D eigenvalue weighted by atomic mass is 16.2. The minimum absolute atomic E-state index is 0.312. The molecule has 0 aromatic carbocycles. The lowest BCUT2D eigenvalue weighted by molar-refractivity contribution is -0.124. The van der Waals surface area contributed by atoms with Crippen molar-refractivity contribution in [3.63, 3.8) is 0 Å². The number of hydrogen-bond acceptors (Lipinski definition) is 3. The molecule has 2 aliphatic carbocycles. The van der Waals surface area contributed by atoms with Crippen molar-refractivity contribution in [3.05, 3.63) is 0 Å². The predicted molar refractivity (Wildman–Crippen MR) is 78.3 cm³/mol. The van der Waals surface area contributed by atoms with Crippen LogP contribution in [0, 0.1) is 17.3 Å². The van der Waals surface area contributed by atoms with Gasteiger partial charge < -0.3 is 10.6 Å². The Kier molecular flexibility index (Phi) is 3.08. The Hall–Kier alpha value is -0.610. The molecule has 0 aromatic heterocycles. The summed E-state index contributed by atoms with van der Waals surface area (Å²) in [6.07, 6.45) is 6.26. The topological polar surface area (TPSA) is 44.4 Å². The Morgan fingerprint density at radius 1 is 1.25 bits per heavy atom. The Labute approximate surface area is 121 Å². The molecule has 1 amide bonds. The second kappa shape index (κ2) is 4.70.